The molecule has 2 aromatic rings. The second kappa shape index (κ2) is 5.18. The zero-order valence-electron chi connectivity index (χ0n) is 9.69. The van der Waals surface area contributed by atoms with Crippen molar-refractivity contribution >= 4 is 17.3 Å². The number of hydrogen-bond acceptors (Lipinski definition) is 5. The number of carboxylic acids is 1. The van der Waals surface area contributed by atoms with E-state index in [4.69, 9.17) is 10.2 Å². The normalized spacial score (nSPS) is 10.7. The first-order valence-corrected chi connectivity index (χ1v) is 5.34. The molecule has 0 aliphatic heterocycles. The van der Waals surface area contributed by atoms with Gasteiger partial charge in [-0.1, -0.05) is 12.1 Å². The number of hydrogen-bond donors (Lipinski definition) is 3. The van der Waals surface area contributed by atoms with Gasteiger partial charge in [0.15, 0.2) is 0 Å². The zero-order valence-corrected chi connectivity index (χ0v) is 9.69. The Morgan fingerprint density at radius 1 is 0.947 bits per heavy atom. The first kappa shape index (κ1) is 12.6. The van der Waals surface area contributed by atoms with Crippen LogP contribution in [0.2, 0.25) is 0 Å². The quantitative estimate of drug-likeness (QED) is 0.735. The third kappa shape index (κ3) is 2.86. The maximum absolute atomic E-state index is 11.0. The topological polar surface area (TPSA) is 102 Å². The SMILES string of the molecule is O=C(O)c1ccccc1/N=N/c1ccc(O)cc1O. The molecule has 0 aliphatic rings. The summed E-state index contributed by atoms with van der Waals surface area (Å²) in [7, 11) is 0. The molecule has 0 saturated carbocycles. The maximum Gasteiger partial charge on any atom is 0.337 e. The summed E-state index contributed by atoms with van der Waals surface area (Å²) >= 11 is 0. The summed E-state index contributed by atoms with van der Waals surface area (Å²) in [6.45, 7) is 0. The molecule has 0 saturated heterocycles. The zero-order chi connectivity index (χ0) is 13.8. The number of carboxylic acid groups (broad SMARTS) is 1. The Hall–Kier alpha value is -2.89. The van der Waals surface area contributed by atoms with E-state index in [1.54, 1.807) is 12.1 Å². The maximum atomic E-state index is 11.0. The van der Waals surface area contributed by atoms with E-state index in [1.807, 2.05) is 0 Å². The minimum absolute atomic E-state index is 0.0181. The van der Waals surface area contributed by atoms with Crippen molar-refractivity contribution in [2.45, 2.75) is 0 Å². The molecule has 0 spiro atoms. The van der Waals surface area contributed by atoms with Crippen molar-refractivity contribution in [1.82, 2.24) is 0 Å². The van der Waals surface area contributed by atoms with Gasteiger partial charge >= 0.3 is 5.97 Å². The third-order valence-corrected chi connectivity index (χ3v) is 2.36. The average molecular weight is 258 g/mol. The predicted molar refractivity (Wildman–Crippen MR) is 67.3 cm³/mol. The van der Waals surface area contributed by atoms with Crippen molar-refractivity contribution < 1.29 is 20.1 Å². The molecule has 96 valence electrons. The summed E-state index contributed by atoms with van der Waals surface area (Å²) in [5.74, 6) is -1.44. The van der Waals surface area contributed by atoms with Crippen molar-refractivity contribution in [2.24, 2.45) is 10.2 Å². The fraction of sp³-hybridized carbons (Fsp3) is 0. The molecule has 0 bridgehead atoms. The van der Waals surface area contributed by atoms with Gasteiger partial charge < -0.3 is 15.3 Å². The van der Waals surface area contributed by atoms with Crippen LogP contribution in [0.5, 0.6) is 11.5 Å². The second-order valence-corrected chi connectivity index (χ2v) is 3.70. The van der Waals surface area contributed by atoms with Crippen molar-refractivity contribution in [1.29, 1.82) is 0 Å². The Labute approximate surface area is 108 Å². The molecule has 0 aromatic heterocycles. The van der Waals surface area contributed by atoms with Crippen molar-refractivity contribution in [3.05, 3.63) is 48.0 Å². The largest absolute Gasteiger partial charge is 0.508 e. The van der Waals surface area contributed by atoms with Crippen LogP contribution in [0.15, 0.2) is 52.7 Å². The van der Waals surface area contributed by atoms with Gasteiger partial charge in [0, 0.05) is 6.07 Å². The number of aromatic carboxylic acids is 1. The van der Waals surface area contributed by atoms with E-state index in [9.17, 15) is 9.90 Å². The van der Waals surface area contributed by atoms with Crippen molar-refractivity contribution in [3.63, 3.8) is 0 Å². The van der Waals surface area contributed by atoms with Gasteiger partial charge in [0.2, 0.25) is 0 Å². The number of nitrogens with zero attached hydrogens (tertiary/aromatic N) is 2. The van der Waals surface area contributed by atoms with Gasteiger partial charge in [-0.25, -0.2) is 4.79 Å². The number of rotatable bonds is 3. The molecule has 3 N–H and O–H groups in total. The molecule has 0 aliphatic carbocycles. The van der Waals surface area contributed by atoms with Crippen LogP contribution in [0, 0.1) is 0 Å². The lowest BCUT2D eigenvalue weighted by Crippen LogP contribution is -1.95. The molecule has 19 heavy (non-hydrogen) atoms. The molecule has 2 rings (SSSR count). The van der Waals surface area contributed by atoms with Gasteiger partial charge in [0.1, 0.15) is 22.9 Å². The number of azo groups is 1. The van der Waals surface area contributed by atoms with E-state index < -0.39 is 5.97 Å². The van der Waals surface area contributed by atoms with Crippen LogP contribution in [-0.2, 0) is 0 Å². The van der Waals surface area contributed by atoms with E-state index in [-0.39, 0.29) is 28.4 Å². The van der Waals surface area contributed by atoms with Crippen LogP contribution < -0.4 is 0 Å². The standard InChI is InChI=1S/C13H10N2O4/c16-8-5-6-11(12(17)7-8)15-14-10-4-2-1-3-9(10)13(18)19/h1-7,16-17H,(H,18,19)/b15-14+. The van der Waals surface area contributed by atoms with Crippen LogP contribution in [-0.4, -0.2) is 21.3 Å². The van der Waals surface area contributed by atoms with Crippen LogP contribution in [0.4, 0.5) is 11.4 Å². The molecule has 0 atom stereocenters. The fourth-order valence-corrected chi connectivity index (χ4v) is 1.45. The summed E-state index contributed by atoms with van der Waals surface area (Å²) in [5, 5.41) is 35.2. The smallest absolute Gasteiger partial charge is 0.337 e. The molecule has 6 heteroatoms. The van der Waals surface area contributed by atoms with Gasteiger partial charge in [-0.05, 0) is 24.3 Å². The minimum atomic E-state index is -1.11. The number of benzene rings is 2. The van der Waals surface area contributed by atoms with Gasteiger partial charge in [-0.2, -0.15) is 0 Å². The van der Waals surface area contributed by atoms with E-state index >= 15 is 0 Å². The Bertz CT molecular complexity index is 653. The van der Waals surface area contributed by atoms with Gasteiger partial charge in [0.05, 0.1) is 5.56 Å². The second-order valence-electron chi connectivity index (χ2n) is 3.70. The number of carbonyl (C=O) groups is 1. The molecular formula is C13H10N2O4. The Balaban J connectivity index is 2.35. The van der Waals surface area contributed by atoms with E-state index in [2.05, 4.69) is 10.2 Å². The van der Waals surface area contributed by atoms with E-state index in [0.717, 1.165) is 6.07 Å². The molecular weight excluding hydrogens is 248 g/mol. The summed E-state index contributed by atoms with van der Waals surface area (Å²) < 4.78 is 0. The van der Waals surface area contributed by atoms with Crippen molar-refractivity contribution in [3.8, 4) is 11.5 Å². The van der Waals surface area contributed by atoms with Gasteiger partial charge in [0.25, 0.3) is 0 Å². The summed E-state index contributed by atoms with van der Waals surface area (Å²) in [5.41, 5.74) is 0.338. The number of phenols is 2. The molecule has 6 nitrogen and oxygen atoms in total. The highest BCUT2D eigenvalue weighted by molar-refractivity contribution is 5.93. The molecule has 0 unspecified atom stereocenters. The Morgan fingerprint density at radius 2 is 1.63 bits per heavy atom. The highest BCUT2D eigenvalue weighted by Gasteiger charge is 2.08. The Morgan fingerprint density at radius 3 is 2.32 bits per heavy atom. The average Bonchev–Trinajstić information content (AvgIpc) is 2.38. The summed E-state index contributed by atoms with van der Waals surface area (Å²) in [6.07, 6.45) is 0. The van der Waals surface area contributed by atoms with E-state index in [0.29, 0.717) is 0 Å². The molecule has 0 heterocycles. The molecule has 0 amide bonds. The summed E-state index contributed by atoms with van der Waals surface area (Å²) in [4.78, 5) is 11.0. The number of aromatic hydroxyl groups is 2. The van der Waals surface area contributed by atoms with Crippen LogP contribution in [0.25, 0.3) is 0 Å². The Kier molecular flexibility index (Phi) is 3.42. The third-order valence-electron chi connectivity index (χ3n) is 2.36. The minimum Gasteiger partial charge on any atom is -0.508 e. The molecule has 2 aromatic carbocycles. The van der Waals surface area contributed by atoms with E-state index in [1.165, 1.54) is 24.3 Å². The van der Waals surface area contributed by atoms with Gasteiger partial charge in [-0.3, -0.25) is 0 Å². The van der Waals surface area contributed by atoms with Crippen LogP contribution in [0.1, 0.15) is 10.4 Å². The highest BCUT2D eigenvalue weighted by Crippen LogP contribution is 2.31. The fourth-order valence-electron chi connectivity index (χ4n) is 1.45. The lowest BCUT2D eigenvalue weighted by Gasteiger charge is -2.00. The predicted octanol–water partition coefficient (Wildman–Crippen LogP) is 3.21. The monoisotopic (exact) mass is 258 g/mol. The molecule has 0 radical (unpaired) electrons. The van der Waals surface area contributed by atoms with Crippen molar-refractivity contribution in [2.75, 3.05) is 0 Å². The highest BCUT2D eigenvalue weighted by atomic mass is 16.4. The van der Waals surface area contributed by atoms with Crippen LogP contribution in [0.3, 0.4) is 0 Å². The first-order valence-electron chi connectivity index (χ1n) is 5.34. The molecule has 0 fully saturated rings. The number of phenolic OH excluding ortho intramolecular Hbond substituents is 2. The lowest BCUT2D eigenvalue weighted by molar-refractivity contribution is 0.0697. The van der Waals surface area contributed by atoms with Crippen LogP contribution >= 0.6 is 0 Å². The first-order chi connectivity index (χ1) is 9.08. The van der Waals surface area contributed by atoms with Gasteiger partial charge in [-0.15, -0.1) is 10.2 Å². The lowest BCUT2D eigenvalue weighted by atomic mass is 10.2. The summed E-state index contributed by atoms with van der Waals surface area (Å²) in [6, 6.07) is 9.97.